The third-order valence-electron chi connectivity index (χ3n) is 3.72. The first-order chi connectivity index (χ1) is 13.4. The lowest BCUT2D eigenvalue weighted by molar-refractivity contribution is -0.385. The summed E-state index contributed by atoms with van der Waals surface area (Å²) >= 11 is 1.13. The minimum atomic E-state index is -0.639. The number of nitrogens with one attached hydrogen (secondary N) is 1. The van der Waals surface area contributed by atoms with Crippen LogP contribution in [0.1, 0.15) is 10.4 Å². The number of ether oxygens (including phenoxy) is 1. The normalized spacial score (nSPS) is 10.3. The van der Waals surface area contributed by atoms with E-state index in [0.717, 1.165) is 17.4 Å². The zero-order valence-electron chi connectivity index (χ0n) is 14.3. The van der Waals surface area contributed by atoms with E-state index in [-0.39, 0.29) is 27.8 Å². The van der Waals surface area contributed by atoms with Crippen molar-refractivity contribution in [1.82, 2.24) is 4.98 Å². The summed E-state index contributed by atoms with van der Waals surface area (Å²) in [6.45, 7) is 0. The number of nitro groups is 2. The number of hydrogen-bond donors (Lipinski definition) is 1. The lowest BCUT2D eigenvalue weighted by atomic mass is 10.1. The number of anilines is 1. The Morgan fingerprint density at radius 2 is 1.93 bits per heavy atom. The van der Waals surface area contributed by atoms with Gasteiger partial charge in [-0.2, -0.15) is 0 Å². The van der Waals surface area contributed by atoms with E-state index in [9.17, 15) is 25.0 Å². The van der Waals surface area contributed by atoms with Gasteiger partial charge in [0.25, 0.3) is 11.6 Å². The molecule has 0 saturated carbocycles. The molecule has 2 aromatic carbocycles. The number of thiazole rings is 1. The molecular formula is C17H12N4O6S. The Morgan fingerprint density at radius 1 is 1.14 bits per heavy atom. The maximum Gasteiger partial charge on any atom is 0.311 e. The van der Waals surface area contributed by atoms with Gasteiger partial charge in [-0.1, -0.05) is 12.1 Å². The molecule has 0 aliphatic carbocycles. The first kappa shape index (κ1) is 18.9. The maximum atomic E-state index is 12.4. The summed E-state index contributed by atoms with van der Waals surface area (Å²) in [5, 5.41) is 26.4. The lowest BCUT2D eigenvalue weighted by Gasteiger charge is -2.05. The second-order valence-corrected chi connectivity index (χ2v) is 6.30. The van der Waals surface area contributed by atoms with Crippen molar-refractivity contribution >= 4 is 33.8 Å². The van der Waals surface area contributed by atoms with Crippen LogP contribution in [0.5, 0.6) is 5.75 Å². The number of non-ortho nitro benzene ring substituents is 1. The molecule has 3 rings (SSSR count). The predicted molar refractivity (Wildman–Crippen MR) is 102 cm³/mol. The zero-order chi connectivity index (χ0) is 20.3. The average Bonchev–Trinajstić information content (AvgIpc) is 3.15. The molecule has 0 fully saturated rings. The number of nitrogens with zero attached hydrogens (tertiary/aromatic N) is 3. The Hall–Kier alpha value is -3.86. The minimum absolute atomic E-state index is 0.0451. The van der Waals surface area contributed by atoms with Crippen LogP contribution in [-0.2, 0) is 0 Å². The van der Waals surface area contributed by atoms with E-state index < -0.39 is 15.8 Å². The van der Waals surface area contributed by atoms with Crippen molar-refractivity contribution in [2.75, 3.05) is 12.4 Å². The van der Waals surface area contributed by atoms with Gasteiger partial charge in [0.15, 0.2) is 10.9 Å². The van der Waals surface area contributed by atoms with Crippen molar-refractivity contribution in [2.45, 2.75) is 0 Å². The number of methoxy groups -OCH3 is 1. The molecule has 0 spiro atoms. The molecule has 0 radical (unpaired) electrons. The Bertz CT molecular complexity index is 1080. The molecule has 0 atom stereocenters. The molecule has 1 heterocycles. The molecule has 28 heavy (non-hydrogen) atoms. The summed E-state index contributed by atoms with van der Waals surface area (Å²) in [4.78, 5) is 37.5. The number of carbonyl (C=O) groups is 1. The minimum Gasteiger partial charge on any atom is -0.490 e. The van der Waals surface area contributed by atoms with E-state index in [0.29, 0.717) is 11.3 Å². The summed E-state index contributed by atoms with van der Waals surface area (Å²) in [6.07, 6.45) is 0. The summed E-state index contributed by atoms with van der Waals surface area (Å²) in [5.41, 5.74) is 0.670. The number of aromatic nitrogens is 1. The number of carbonyl (C=O) groups excluding carboxylic acids is 1. The molecule has 0 aliphatic rings. The smallest absolute Gasteiger partial charge is 0.311 e. The highest BCUT2D eigenvalue weighted by Crippen LogP contribution is 2.30. The van der Waals surface area contributed by atoms with Crippen molar-refractivity contribution in [2.24, 2.45) is 0 Å². The Kier molecular flexibility index (Phi) is 5.27. The van der Waals surface area contributed by atoms with Crippen LogP contribution in [0, 0.1) is 20.2 Å². The van der Waals surface area contributed by atoms with Gasteiger partial charge in [0, 0.05) is 34.7 Å². The highest BCUT2D eigenvalue weighted by Gasteiger charge is 2.19. The largest absolute Gasteiger partial charge is 0.490 e. The molecule has 1 N–H and O–H groups in total. The van der Waals surface area contributed by atoms with E-state index in [4.69, 9.17) is 4.74 Å². The predicted octanol–water partition coefficient (Wildman–Crippen LogP) is 3.89. The van der Waals surface area contributed by atoms with Gasteiger partial charge >= 0.3 is 5.69 Å². The number of hydrogen-bond acceptors (Lipinski definition) is 8. The fourth-order valence-electron chi connectivity index (χ4n) is 2.39. The summed E-state index contributed by atoms with van der Waals surface area (Å²) < 4.78 is 4.91. The van der Waals surface area contributed by atoms with Gasteiger partial charge < -0.3 is 4.74 Å². The summed E-state index contributed by atoms with van der Waals surface area (Å²) in [7, 11) is 1.30. The standard InChI is InChI=1S/C17H12N4O6S/c1-27-15-6-5-11(8-14(15)21(25)26)16(22)19-17-18-13(9-28-17)10-3-2-4-12(7-10)20(23)24/h2-9H,1H3,(H,18,19,22). The van der Waals surface area contributed by atoms with Crippen LogP contribution in [0.15, 0.2) is 47.8 Å². The number of nitro benzene ring substituents is 2. The molecule has 142 valence electrons. The molecular weight excluding hydrogens is 388 g/mol. The summed E-state index contributed by atoms with van der Waals surface area (Å²) in [6, 6.07) is 9.81. The van der Waals surface area contributed by atoms with Crippen molar-refractivity contribution < 1.29 is 19.4 Å². The van der Waals surface area contributed by atoms with Crippen molar-refractivity contribution in [3.8, 4) is 17.0 Å². The molecule has 0 unspecified atom stereocenters. The van der Waals surface area contributed by atoms with Crippen LogP contribution >= 0.6 is 11.3 Å². The summed E-state index contributed by atoms with van der Waals surface area (Å²) in [5.74, 6) is -0.533. The SMILES string of the molecule is COc1ccc(C(=O)Nc2nc(-c3cccc([N+](=O)[O-])c3)cs2)cc1[N+](=O)[O-]. The lowest BCUT2D eigenvalue weighted by Crippen LogP contribution is -2.12. The van der Waals surface area contributed by atoms with E-state index >= 15 is 0 Å². The average molecular weight is 400 g/mol. The van der Waals surface area contributed by atoms with E-state index in [1.54, 1.807) is 17.5 Å². The van der Waals surface area contributed by atoms with Crippen LogP contribution < -0.4 is 10.1 Å². The Morgan fingerprint density at radius 3 is 2.61 bits per heavy atom. The van der Waals surface area contributed by atoms with Gasteiger partial charge in [0.2, 0.25) is 0 Å². The van der Waals surface area contributed by atoms with Crippen LogP contribution in [-0.4, -0.2) is 27.8 Å². The molecule has 10 nitrogen and oxygen atoms in total. The monoisotopic (exact) mass is 400 g/mol. The van der Waals surface area contributed by atoms with Gasteiger partial charge in [0.05, 0.1) is 22.7 Å². The van der Waals surface area contributed by atoms with E-state index in [1.807, 2.05) is 0 Å². The van der Waals surface area contributed by atoms with Crippen molar-refractivity contribution in [3.63, 3.8) is 0 Å². The highest BCUT2D eigenvalue weighted by molar-refractivity contribution is 7.14. The zero-order valence-corrected chi connectivity index (χ0v) is 15.1. The van der Waals surface area contributed by atoms with Crippen LogP contribution in [0.2, 0.25) is 0 Å². The Balaban J connectivity index is 1.81. The van der Waals surface area contributed by atoms with E-state index in [1.165, 1.54) is 31.4 Å². The van der Waals surface area contributed by atoms with Crippen LogP contribution in [0.25, 0.3) is 11.3 Å². The third kappa shape index (κ3) is 3.94. The second-order valence-electron chi connectivity index (χ2n) is 5.44. The number of rotatable bonds is 6. The first-order valence-corrected chi connectivity index (χ1v) is 8.61. The molecule has 1 amide bonds. The number of amides is 1. The van der Waals surface area contributed by atoms with Gasteiger partial charge in [0.1, 0.15) is 0 Å². The van der Waals surface area contributed by atoms with Crippen LogP contribution in [0.3, 0.4) is 0 Å². The topological polar surface area (TPSA) is 138 Å². The maximum absolute atomic E-state index is 12.4. The van der Waals surface area contributed by atoms with Crippen LogP contribution in [0.4, 0.5) is 16.5 Å². The quantitative estimate of drug-likeness (QED) is 0.489. The van der Waals surface area contributed by atoms with E-state index in [2.05, 4.69) is 10.3 Å². The molecule has 0 saturated heterocycles. The molecule has 0 aliphatic heterocycles. The third-order valence-corrected chi connectivity index (χ3v) is 4.47. The fourth-order valence-corrected chi connectivity index (χ4v) is 3.10. The first-order valence-electron chi connectivity index (χ1n) is 7.73. The highest BCUT2D eigenvalue weighted by atomic mass is 32.1. The van der Waals surface area contributed by atoms with Gasteiger partial charge in [-0.3, -0.25) is 30.3 Å². The Labute approximate surface area is 161 Å². The van der Waals surface area contributed by atoms with Crippen molar-refractivity contribution in [3.05, 3.63) is 73.6 Å². The molecule has 0 bridgehead atoms. The molecule has 1 aromatic heterocycles. The van der Waals surface area contributed by atoms with Gasteiger partial charge in [-0.05, 0) is 12.1 Å². The van der Waals surface area contributed by atoms with Gasteiger partial charge in [-0.15, -0.1) is 11.3 Å². The molecule has 3 aromatic rings. The van der Waals surface area contributed by atoms with Gasteiger partial charge in [-0.25, -0.2) is 4.98 Å². The number of benzene rings is 2. The second kappa shape index (κ2) is 7.80. The fraction of sp³-hybridized carbons (Fsp3) is 0.0588. The molecule has 11 heteroatoms. The van der Waals surface area contributed by atoms with Crippen molar-refractivity contribution in [1.29, 1.82) is 0 Å².